The highest BCUT2D eigenvalue weighted by Crippen LogP contribution is 2.28. The topological polar surface area (TPSA) is 107 Å². The van der Waals surface area contributed by atoms with Gasteiger partial charge in [-0.3, -0.25) is 24.3 Å². The molecule has 4 aromatic rings. The van der Waals surface area contributed by atoms with Crippen LogP contribution in [-0.2, 0) is 4.79 Å². The lowest BCUT2D eigenvalue weighted by Gasteiger charge is -2.11. The van der Waals surface area contributed by atoms with E-state index in [0.29, 0.717) is 21.6 Å². The van der Waals surface area contributed by atoms with Gasteiger partial charge in [-0.2, -0.15) is 0 Å². The summed E-state index contributed by atoms with van der Waals surface area (Å²) in [4.78, 5) is 40.9. The number of carbonyl (C=O) groups excluding carboxylic acids is 2. The predicted molar refractivity (Wildman–Crippen MR) is 131 cm³/mol. The van der Waals surface area contributed by atoms with E-state index in [-0.39, 0.29) is 22.9 Å². The van der Waals surface area contributed by atoms with Crippen LogP contribution in [0.2, 0.25) is 5.02 Å². The number of nitrogens with one attached hydrogen (secondary N) is 1. The summed E-state index contributed by atoms with van der Waals surface area (Å²) in [6, 6.07) is 21.4. The molecule has 4 rings (SSSR count). The molecular formula is C24H17ClN4O4S. The average molecular weight is 493 g/mol. The normalized spacial score (nSPS) is 10.6. The van der Waals surface area contributed by atoms with Crippen molar-refractivity contribution in [2.24, 2.45) is 0 Å². The second kappa shape index (κ2) is 10.3. The predicted octanol–water partition coefficient (Wildman–Crippen LogP) is 5.53. The molecular weight excluding hydrogens is 476 g/mol. The van der Waals surface area contributed by atoms with Gasteiger partial charge in [0.15, 0.2) is 5.16 Å². The minimum atomic E-state index is -0.556. The Labute approximate surface area is 203 Å². The standard InChI is InChI=1S/C24H17ClN4O4S/c25-18-9-11-19(12-10-18)27-22(30)15-34-24-26-14-21(16-5-2-1-3-6-16)28(24)23(31)17-7-4-8-20(13-17)29(32)33/h1-14H,15H2,(H,27,30). The van der Waals surface area contributed by atoms with E-state index in [1.807, 2.05) is 30.3 Å². The summed E-state index contributed by atoms with van der Waals surface area (Å²) in [6.45, 7) is 0. The maximum atomic E-state index is 13.4. The van der Waals surface area contributed by atoms with E-state index in [2.05, 4.69) is 10.3 Å². The third-order valence-electron chi connectivity index (χ3n) is 4.77. The number of carbonyl (C=O) groups is 2. The van der Waals surface area contributed by atoms with Crippen LogP contribution < -0.4 is 5.32 Å². The highest BCUT2D eigenvalue weighted by molar-refractivity contribution is 7.99. The van der Waals surface area contributed by atoms with Gasteiger partial charge in [0.25, 0.3) is 11.6 Å². The first-order chi connectivity index (χ1) is 16.4. The quantitative estimate of drug-likeness (QED) is 0.206. The monoisotopic (exact) mass is 492 g/mol. The lowest BCUT2D eigenvalue weighted by atomic mass is 10.1. The number of benzene rings is 3. The minimum absolute atomic E-state index is 0.00388. The Hall–Kier alpha value is -3.95. The van der Waals surface area contributed by atoms with E-state index in [1.54, 1.807) is 30.5 Å². The number of thioether (sulfide) groups is 1. The largest absolute Gasteiger partial charge is 0.325 e. The van der Waals surface area contributed by atoms with Crippen molar-refractivity contribution >= 4 is 46.6 Å². The molecule has 0 fully saturated rings. The van der Waals surface area contributed by atoms with Gasteiger partial charge in [-0.05, 0) is 30.3 Å². The molecule has 1 amide bonds. The molecule has 0 unspecified atom stereocenters. The number of halogens is 1. The molecule has 0 saturated heterocycles. The van der Waals surface area contributed by atoms with Gasteiger partial charge >= 0.3 is 0 Å². The molecule has 0 atom stereocenters. The van der Waals surface area contributed by atoms with Crippen LogP contribution in [0.15, 0.2) is 90.2 Å². The molecule has 0 aliphatic rings. The van der Waals surface area contributed by atoms with E-state index in [4.69, 9.17) is 11.6 Å². The van der Waals surface area contributed by atoms with Gasteiger partial charge in [0.2, 0.25) is 5.91 Å². The number of nitro groups is 1. The van der Waals surface area contributed by atoms with Crippen LogP contribution in [-0.4, -0.2) is 32.0 Å². The Bertz CT molecular complexity index is 1360. The van der Waals surface area contributed by atoms with Crippen LogP contribution in [0, 0.1) is 10.1 Å². The van der Waals surface area contributed by atoms with E-state index in [0.717, 1.165) is 17.3 Å². The van der Waals surface area contributed by atoms with Crippen molar-refractivity contribution in [1.82, 2.24) is 9.55 Å². The van der Waals surface area contributed by atoms with E-state index >= 15 is 0 Å². The number of anilines is 1. The maximum absolute atomic E-state index is 13.4. The zero-order valence-corrected chi connectivity index (χ0v) is 19.1. The van der Waals surface area contributed by atoms with Crippen molar-refractivity contribution in [3.8, 4) is 11.3 Å². The van der Waals surface area contributed by atoms with Crippen molar-refractivity contribution in [3.63, 3.8) is 0 Å². The third kappa shape index (κ3) is 5.33. The van der Waals surface area contributed by atoms with Crippen molar-refractivity contribution in [2.75, 3.05) is 11.1 Å². The summed E-state index contributed by atoms with van der Waals surface area (Å²) in [5, 5.41) is 14.8. The summed E-state index contributed by atoms with van der Waals surface area (Å²) in [7, 11) is 0. The first-order valence-electron chi connectivity index (χ1n) is 10.0. The summed E-state index contributed by atoms with van der Waals surface area (Å²) in [5.41, 5.74) is 1.79. The molecule has 0 spiro atoms. The number of amides is 1. The summed E-state index contributed by atoms with van der Waals surface area (Å²) in [5.74, 6) is -0.776. The van der Waals surface area contributed by atoms with E-state index < -0.39 is 10.8 Å². The van der Waals surface area contributed by atoms with Crippen LogP contribution in [0.3, 0.4) is 0 Å². The molecule has 1 heterocycles. The molecule has 170 valence electrons. The van der Waals surface area contributed by atoms with Gasteiger partial charge in [0.05, 0.1) is 22.6 Å². The number of imidazole rings is 1. The smallest absolute Gasteiger partial charge is 0.270 e. The fraction of sp³-hybridized carbons (Fsp3) is 0.0417. The Morgan fingerprint density at radius 1 is 1.03 bits per heavy atom. The molecule has 3 aromatic carbocycles. The average Bonchev–Trinajstić information content (AvgIpc) is 3.28. The highest BCUT2D eigenvalue weighted by atomic mass is 35.5. The number of hydrogen-bond donors (Lipinski definition) is 1. The Morgan fingerprint density at radius 3 is 2.47 bits per heavy atom. The lowest BCUT2D eigenvalue weighted by molar-refractivity contribution is -0.384. The molecule has 10 heteroatoms. The molecule has 0 aliphatic heterocycles. The maximum Gasteiger partial charge on any atom is 0.270 e. The Morgan fingerprint density at radius 2 is 1.76 bits per heavy atom. The van der Waals surface area contributed by atoms with Gasteiger partial charge in [-0.25, -0.2) is 4.98 Å². The zero-order valence-electron chi connectivity index (χ0n) is 17.6. The Kier molecular flexibility index (Phi) is 7.05. The van der Waals surface area contributed by atoms with Crippen LogP contribution in [0.5, 0.6) is 0 Å². The number of aromatic nitrogens is 2. The van der Waals surface area contributed by atoms with Gasteiger partial charge in [-0.15, -0.1) is 0 Å². The third-order valence-corrected chi connectivity index (χ3v) is 5.97. The summed E-state index contributed by atoms with van der Waals surface area (Å²) >= 11 is 6.96. The zero-order chi connectivity index (χ0) is 24.1. The van der Waals surface area contributed by atoms with Gasteiger partial charge in [0, 0.05) is 34.0 Å². The number of non-ortho nitro benzene ring substituents is 1. The molecule has 1 aromatic heterocycles. The SMILES string of the molecule is O=C(CSc1ncc(-c2ccccc2)n1C(=O)c1cccc([N+](=O)[O-])c1)Nc1ccc(Cl)cc1. The van der Waals surface area contributed by atoms with Crippen molar-refractivity contribution < 1.29 is 14.5 Å². The van der Waals surface area contributed by atoms with E-state index in [1.165, 1.54) is 28.8 Å². The first-order valence-corrected chi connectivity index (χ1v) is 11.4. The van der Waals surface area contributed by atoms with Gasteiger partial charge in [0.1, 0.15) is 0 Å². The van der Waals surface area contributed by atoms with Crippen LogP contribution >= 0.6 is 23.4 Å². The number of nitrogens with zero attached hydrogens (tertiary/aromatic N) is 3. The van der Waals surface area contributed by atoms with Crippen LogP contribution in [0.25, 0.3) is 11.3 Å². The summed E-state index contributed by atoms with van der Waals surface area (Å²) in [6.07, 6.45) is 1.55. The first kappa shape index (κ1) is 23.2. The van der Waals surface area contributed by atoms with E-state index in [9.17, 15) is 19.7 Å². The number of hydrogen-bond acceptors (Lipinski definition) is 6. The van der Waals surface area contributed by atoms with Gasteiger partial charge < -0.3 is 5.32 Å². The fourth-order valence-electron chi connectivity index (χ4n) is 3.19. The van der Waals surface area contributed by atoms with Crippen molar-refractivity contribution in [3.05, 3.63) is 106 Å². The molecule has 8 nitrogen and oxygen atoms in total. The van der Waals surface area contributed by atoms with Crippen LogP contribution in [0.1, 0.15) is 10.4 Å². The Balaban J connectivity index is 1.62. The fourth-order valence-corrected chi connectivity index (χ4v) is 4.08. The van der Waals surface area contributed by atoms with Crippen LogP contribution in [0.4, 0.5) is 11.4 Å². The van der Waals surface area contributed by atoms with Gasteiger partial charge in [-0.1, -0.05) is 59.8 Å². The molecule has 0 saturated carbocycles. The molecule has 0 radical (unpaired) electrons. The second-order valence-electron chi connectivity index (χ2n) is 7.08. The number of nitro benzene ring substituents is 1. The second-order valence-corrected chi connectivity index (χ2v) is 8.46. The number of rotatable bonds is 7. The lowest BCUT2D eigenvalue weighted by Crippen LogP contribution is -2.17. The summed E-state index contributed by atoms with van der Waals surface area (Å²) < 4.78 is 1.37. The minimum Gasteiger partial charge on any atom is -0.325 e. The van der Waals surface area contributed by atoms with Crippen molar-refractivity contribution in [2.45, 2.75) is 5.16 Å². The molecule has 34 heavy (non-hydrogen) atoms. The molecule has 1 N–H and O–H groups in total. The molecule has 0 bridgehead atoms. The highest BCUT2D eigenvalue weighted by Gasteiger charge is 2.22. The molecule has 0 aliphatic carbocycles. The van der Waals surface area contributed by atoms with Crippen molar-refractivity contribution in [1.29, 1.82) is 0 Å².